The monoisotopic (exact) mass is 258 g/mol. The molecular formula is C12H22N2O4. The SMILES string of the molecule is CCOC.CCOC(Cn1ccc(C=O)n1)OC. The minimum Gasteiger partial charge on any atom is -0.385 e. The second kappa shape index (κ2) is 10.9. The third-order valence-electron chi connectivity index (χ3n) is 2.02. The molecule has 1 heterocycles. The highest BCUT2D eigenvalue weighted by Crippen LogP contribution is 1.99. The highest BCUT2D eigenvalue weighted by molar-refractivity contribution is 5.71. The maximum absolute atomic E-state index is 10.4. The summed E-state index contributed by atoms with van der Waals surface area (Å²) in [6.07, 6.45) is 2.10. The highest BCUT2D eigenvalue weighted by atomic mass is 16.7. The summed E-state index contributed by atoms with van der Waals surface area (Å²) in [6, 6.07) is 1.64. The zero-order valence-corrected chi connectivity index (χ0v) is 11.5. The van der Waals surface area contributed by atoms with Gasteiger partial charge in [0.1, 0.15) is 5.69 Å². The average Bonchev–Trinajstić information content (AvgIpc) is 2.86. The molecule has 0 N–H and O–H groups in total. The Balaban J connectivity index is 0.000000631. The molecule has 6 heteroatoms. The van der Waals surface area contributed by atoms with Gasteiger partial charge in [-0.25, -0.2) is 0 Å². The molecule has 1 aromatic heterocycles. The van der Waals surface area contributed by atoms with Crippen LogP contribution >= 0.6 is 0 Å². The van der Waals surface area contributed by atoms with Crippen LogP contribution in [0.1, 0.15) is 24.3 Å². The summed E-state index contributed by atoms with van der Waals surface area (Å²) in [4.78, 5) is 10.4. The van der Waals surface area contributed by atoms with Gasteiger partial charge in [-0.3, -0.25) is 9.48 Å². The van der Waals surface area contributed by atoms with Crippen LogP contribution in [0, 0.1) is 0 Å². The predicted molar refractivity (Wildman–Crippen MR) is 67.6 cm³/mol. The second-order valence-corrected chi connectivity index (χ2v) is 3.28. The molecule has 0 aliphatic rings. The van der Waals surface area contributed by atoms with Crippen molar-refractivity contribution in [2.45, 2.75) is 26.7 Å². The zero-order chi connectivity index (χ0) is 13.8. The van der Waals surface area contributed by atoms with Crippen molar-refractivity contribution in [3.63, 3.8) is 0 Å². The van der Waals surface area contributed by atoms with E-state index in [4.69, 9.17) is 9.47 Å². The third-order valence-corrected chi connectivity index (χ3v) is 2.02. The lowest BCUT2D eigenvalue weighted by atomic mass is 10.5. The van der Waals surface area contributed by atoms with E-state index in [-0.39, 0.29) is 6.29 Å². The van der Waals surface area contributed by atoms with E-state index in [1.807, 2.05) is 13.8 Å². The average molecular weight is 258 g/mol. The first kappa shape index (κ1) is 16.8. The molecule has 1 atom stereocenters. The van der Waals surface area contributed by atoms with Gasteiger partial charge in [0.05, 0.1) is 6.54 Å². The van der Waals surface area contributed by atoms with Crippen molar-refractivity contribution in [2.24, 2.45) is 0 Å². The lowest BCUT2D eigenvalue weighted by Crippen LogP contribution is -2.22. The molecule has 0 fully saturated rings. The minimum atomic E-state index is -0.320. The molecule has 1 unspecified atom stereocenters. The van der Waals surface area contributed by atoms with E-state index in [1.165, 1.54) is 0 Å². The number of hydrogen-bond donors (Lipinski definition) is 0. The summed E-state index contributed by atoms with van der Waals surface area (Å²) in [5.41, 5.74) is 0.413. The Labute approximate surface area is 108 Å². The molecule has 0 saturated carbocycles. The Morgan fingerprint density at radius 2 is 2.06 bits per heavy atom. The molecule has 0 aromatic carbocycles. The number of hydrogen-bond acceptors (Lipinski definition) is 5. The molecule has 0 spiro atoms. The van der Waals surface area contributed by atoms with Gasteiger partial charge in [0, 0.05) is 33.6 Å². The Kier molecular flexibility index (Phi) is 10.1. The number of aldehydes is 1. The van der Waals surface area contributed by atoms with Crippen LogP contribution in [0.4, 0.5) is 0 Å². The third kappa shape index (κ3) is 7.16. The number of carbonyl (C=O) groups is 1. The fourth-order valence-electron chi connectivity index (χ4n) is 1.08. The summed E-state index contributed by atoms with van der Waals surface area (Å²) in [6.45, 7) is 5.74. The fourth-order valence-corrected chi connectivity index (χ4v) is 1.08. The molecule has 1 rings (SSSR count). The van der Waals surface area contributed by atoms with E-state index in [1.54, 1.807) is 31.2 Å². The Hall–Kier alpha value is -1.24. The largest absolute Gasteiger partial charge is 0.385 e. The summed E-state index contributed by atoms with van der Waals surface area (Å²) < 4.78 is 16.5. The lowest BCUT2D eigenvalue weighted by Gasteiger charge is -2.14. The van der Waals surface area contributed by atoms with E-state index >= 15 is 0 Å². The Morgan fingerprint density at radius 1 is 1.39 bits per heavy atom. The van der Waals surface area contributed by atoms with Crippen molar-refractivity contribution in [2.75, 3.05) is 27.4 Å². The number of nitrogens with zero attached hydrogens (tertiary/aromatic N) is 2. The van der Waals surface area contributed by atoms with Gasteiger partial charge in [-0.05, 0) is 19.9 Å². The second-order valence-electron chi connectivity index (χ2n) is 3.28. The van der Waals surface area contributed by atoms with Crippen LogP contribution < -0.4 is 0 Å². The lowest BCUT2D eigenvalue weighted by molar-refractivity contribution is -0.129. The fraction of sp³-hybridized carbons (Fsp3) is 0.667. The first-order chi connectivity index (χ1) is 8.71. The van der Waals surface area contributed by atoms with Crippen LogP contribution in [0.15, 0.2) is 12.3 Å². The number of ether oxygens (including phenoxy) is 3. The summed E-state index contributed by atoms with van der Waals surface area (Å²) in [7, 11) is 3.25. The first-order valence-corrected chi connectivity index (χ1v) is 5.83. The molecule has 0 bridgehead atoms. The summed E-state index contributed by atoms with van der Waals surface area (Å²) in [5.74, 6) is 0. The van der Waals surface area contributed by atoms with Gasteiger partial charge in [0.15, 0.2) is 12.6 Å². The molecule has 0 radical (unpaired) electrons. The van der Waals surface area contributed by atoms with Gasteiger partial charge in [0.25, 0.3) is 0 Å². The molecule has 0 aliphatic carbocycles. The van der Waals surface area contributed by atoms with Crippen LogP contribution in [-0.4, -0.2) is 49.8 Å². The van der Waals surface area contributed by atoms with E-state index in [9.17, 15) is 4.79 Å². The molecule has 6 nitrogen and oxygen atoms in total. The van der Waals surface area contributed by atoms with Crippen molar-refractivity contribution < 1.29 is 19.0 Å². The molecule has 18 heavy (non-hydrogen) atoms. The van der Waals surface area contributed by atoms with Crippen molar-refractivity contribution in [1.82, 2.24) is 9.78 Å². The van der Waals surface area contributed by atoms with Gasteiger partial charge in [-0.15, -0.1) is 0 Å². The Morgan fingerprint density at radius 3 is 2.44 bits per heavy atom. The normalized spacial score (nSPS) is 11.6. The molecular weight excluding hydrogens is 236 g/mol. The van der Waals surface area contributed by atoms with Crippen molar-refractivity contribution in [3.05, 3.63) is 18.0 Å². The number of methoxy groups -OCH3 is 2. The van der Waals surface area contributed by atoms with E-state index < -0.39 is 0 Å². The van der Waals surface area contributed by atoms with E-state index in [0.717, 1.165) is 6.61 Å². The zero-order valence-electron chi connectivity index (χ0n) is 11.5. The van der Waals surface area contributed by atoms with Crippen LogP contribution in [-0.2, 0) is 20.8 Å². The van der Waals surface area contributed by atoms with Crippen LogP contribution in [0.2, 0.25) is 0 Å². The Bertz CT molecular complexity index is 313. The highest BCUT2D eigenvalue weighted by Gasteiger charge is 2.08. The molecule has 104 valence electrons. The summed E-state index contributed by atoms with van der Waals surface area (Å²) in [5, 5.41) is 3.99. The maximum Gasteiger partial charge on any atom is 0.176 e. The van der Waals surface area contributed by atoms with Crippen LogP contribution in [0.3, 0.4) is 0 Å². The van der Waals surface area contributed by atoms with Gasteiger partial charge in [-0.2, -0.15) is 5.10 Å². The topological polar surface area (TPSA) is 62.6 Å². The van der Waals surface area contributed by atoms with Gasteiger partial charge in [0.2, 0.25) is 0 Å². The van der Waals surface area contributed by atoms with Gasteiger partial charge < -0.3 is 14.2 Å². The summed E-state index contributed by atoms with van der Waals surface area (Å²) >= 11 is 0. The van der Waals surface area contributed by atoms with E-state index in [0.29, 0.717) is 25.1 Å². The number of carbonyl (C=O) groups excluding carboxylic acids is 1. The van der Waals surface area contributed by atoms with E-state index in [2.05, 4.69) is 9.84 Å². The number of rotatable bonds is 7. The minimum absolute atomic E-state index is 0.320. The molecule has 0 saturated heterocycles. The molecule has 0 aliphatic heterocycles. The first-order valence-electron chi connectivity index (χ1n) is 5.83. The van der Waals surface area contributed by atoms with Crippen molar-refractivity contribution in [1.29, 1.82) is 0 Å². The van der Waals surface area contributed by atoms with Crippen LogP contribution in [0.25, 0.3) is 0 Å². The van der Waals surface area contributed by atoms with Crippen molar-refractivity contribution >= 4 is 6.29 Å². The number of aromatic nitrogens is 2. The molecule has 0 amide bonds. The van der Waals surface area contributed by atoms with Gasteiger partial charge >= 0.3 is 0 Å². The van der Waals surface area contributed by atoms with Crippen LogP contribution in [0.5, 0.6) is 0 Å². The maximum atomic E-state index is 10.4. The smallest absolute Gasteiger partial charge is 0.176 e. The standard InChI is InChI=1S/C9H14N2O3.C3H8O/c1-3-14-9(13-2)6-11-5-4-8(7-12)10-11;1-3-4-2/h4-5,7,9H,3,6H2,1-2H3;3H2,1-2H3. The van der Waals surface area contributed by atoms with Gasteiger partial charge in [-0.1, -0.05) is 0 Å². The predicted octanol–water partition coefficient (Wildman–Crippen LogP) is 1.36. The molecule has 1 aromatic rings. The van der Waals surface area contributed by atoms with Crippen molar-refractivity contribution in [3.8, 4) is 0 Å². The quantitative estimate of drug-likeness (QED) is 0.546.